The summed E-state index contributed by atoms with van der Waals surface area (Å²) in [6, 6.07) is 6.44. The molecule has 1 aromatic carbocycles. The Morgan fingerprint density at radius 3 is 2.90 bits per heavy atom. The number of halogens is 1. The van der Waals surface area contributed by atoms with Crippen LogP contribution in [0.4, 0.5) is 10.7 Å². The number of hydrogen-bond acceptors (Lipinski definition) is 4. The number of nitrogens with zero attached hydrogens (tertiary/aromatic N) is 3. The number of carbonyl (C=O) groups excluding carboxylic acids is 1. The maximum Gasteiger partial charge on any atom is 0.321 e. The number of rotatable bonds is 4. The van der Waals surface area contributed by atoms with Gasteiger partial charge in [0.1, 0.15) is 6.33 Å². The first-order valence-corrected chi connectivity index (χ1v) is 6.27. The fraction of sp³-hybridized carbons (Fsp3) is 0.250. The summed E-state index contributed by atoms with van der Waals surface area (Å²) in [5.74, 6) is 0.315. The SMILES string of the molecule is Cn1ncnc1NC(=O)NCC(O)c1ccccc1Cl. The molecule has 3 N–H and O–H groups in total. The van der Waals surface area contributed by atoms with E-state index in [2.05, 4.69) is 20.7 Å². The van der Waals surface area contributed by atoms with Gasteiger partial charge in [-0.25, -0.2) is 9.48 Å². The minimum Gasteiger partial charge on any atom is -0.387 e. The standard InChI is InChI=1S/C12H14ClN5O2/c1-18-11(15-7-16-18)17-12(20)14-6-10(19)8-4-2-3-5-9(8)13/h2-5,7,10,19H,6H2,1H3,(H2,14,15,16,17,20). The predicted octanol–water partition coefficient (Wildman–Crippen LogP) is 1.32. The zero-order valence-electron chi connectivity index (χ0n) is 10.7. The van der Waals surface area contributed by atoms with E-state index in [1.54, 1.807) is 31.3 Å². The van der Waals surface area contributed by atoms with Crippen LogP contribution in [-0.4, -0.2) is 32.4 Å². The van der Waals surface area contributed by atoms with E-state index in [4.69, 9.17) is 11.6 Å². The summed E-state index contributed by atoms with van der Waals surface area (Å²) < 4.78 is 1.42. The van der Waals surface area contributed by atoms with E-state index in [9.17, 15) is 9.90 Å². The van der Waals surface area contributed by atoms with Gasteiger partial charge in [0.25, 0.3) is 0 Å². The van der Waals surface area contributed by atoms with Crippen molar-refractivity contribution in [1.82, 2.24) is 20.1 Å². The van der Waals surface area contributed by atoms with Crippen molar-refractivity contribution in [3.05, 3.63) is 41.2 Å². The molecule has 1 aromatic heterocycles. The largest absolute Gasteiger partial charge is 0.387 e. The number of benzene rings is 1. The monoisotopic (exact) mass is 295 g/mol. The van der Waals surface area contributed by atoms with Crippen LogP contribution in [0.3, 0.4) is 0 Å². The second kappa shape index (κ2) is 6.36. The van der Waals surface area contributed by atoms with Crippen LogP contribution in [0.2, 0.25) is 5.02 Å². The van der Waals surface area contributed by atoms with Crippen molar-refractivity contribution >= 4 is 23.6 Å². The maximum absolute atomic E-state index is 11.6. The summed E-state index contributed by atoms with van der Waals surface area (Å²) in [5, 5.41) is 19.3. The number of amides is 2. The van der Waals surface area contributed by atoms with E-state index >= 15 is 0 Å². The molecule has 0 saturated heterocycles. The zero-order chi connectivity index (χ0) is 14.5. The molecule has 2 amide bonds. The number of aryl methyl sites for hydroxylation is 1. The van der Waals surface area contributed by atoms with Gasteiger partial charge in [-0.3, -0.25) is 5.32 Å². The Balaban J connectivity index is 1.87. The van der Waals surface area contributed by atoms with Gasteiger partial charge in [0.05, 0.1) is 6.10 Å². The van der Waals surface area contributed by atoms with Crippen molar-refractivity contribution in [1.29, 1.82) is 0 Å². The first-order valence-electron chi connectivity index (χ1n) is 5.89. The van der Waals surface area contributed by atoms with Gasteiger partial charge < -0.3 is 10.4 Å². The predicted molar refractivity (Wildman–Crippen MR) is 74.4 cm³/mol. The molecule has 0 bridgehead atoms. The van der Waals surface area contributed by atoms with Crippen LogP contribution in [0.5, 0.6) is 0 Å². The molecule has 0 spiro atoms. The number of aliphatic hydroxyl groups excluding tert-OH is 1. The molecule has 0 fully saturated rings. The van der Waals surface area contributed by atoms with E-state index < -0.39 is 12.1 Å². The minimum atomic E-state index is -0.881. The third kappa shape index (κ3) is 3.46. The lowest BCUT2D eigenvalue weighted by Gasteiger charge is -2.13. The highest BCUT2D eigenvalue weighted by molar-refractivity contribution is 6.31. The fourth-order valence-electron chi connectivity index (χ4n) is 1.60. The van der Waals surface area contributed by atoms with Crippen molar-refractivity contribution in [2.45, 2.75) is 6.10 Å². The molecule has 1 atom stereocenters. The lowest BCUT2D eigenvalue weighted by molar-refractivity contribution is 0.175. The van der Waals surface area contributed by atoms with Gasteiger partial charge in [0.2, 0.25) is 5.95 Å². The summed E-state index contributed by atoms with van der Waals surface area (Å²) in [5.41, 5.74) is 0.563. The number of aromatic nitrogens is 3. The molecule has 8 heteroatoms. The Hall–Kier alpha value is -2.12. The molecule has 2 rings (SSSR count). The first kappa shape index (κ1) is 14.3. The highest BCUT2D eigenvalue weighted by Gasteiger charge is 2.13. The Bertz CT molecular complexity index is 601. The zero-order valence-corrected chi connectivity index (χ0v) is 11.5. The Kier molecular flexibility index (Phi) is 4.54. The molecule has 106 valence electrons. The van der Waals surface area contributed by atoms with Gasteiger partial charge in [-0.2, -0.15) is 10.1 Å². The molecular weight excluding hydrogens is 282 g/mol. The van der Waals surface area contributed by atoms with E-state index in [-0.39, 0.29) is 6.54 Å². The quantitative estimate of drug-likeness (QED) is 0.793. The summed E-state index contributed by atoms with van der Waals surface area (Å²) in [6.45, 7) is 0.0351. The van der Waals surface area contributed by atoms with Crippen LogP contribution in [0.15, 0.2) is 30.6 Å². The third-order valence-corrected chi connectivity index (χ3v) is 3.00. The number of carbonyl (C=O) groups is 1. The Labute approximate surface area is 120 Å². The van der Waals surface area contributed by atoms with Crippen LogP contribution in [-0.2, 0) is 7.05 Å². The smallest absolute Gasteiger partial charge is 0.321 e. The molecule has 0 radical (unpaired) electrons. The number of nitrogens with one attached hydrogen (secondary N) is 2. The summed E-state index contributed by atoms with van der Waals surface area (Å²) >= 11 is 5.96. The van der Waals surface area contributed by atoms with Gasteiger partial charge in [-0.1, -0.05) is 29.8 Å². The van der Waals surface area contributed by atoms with Crippen molar-refractivity contribution in [3.63, 3.8) is 0 Å². The van der Waals surface area contributed by atoms with E-state index in [0.29, 0.717) is 16.5 Å². The number of urea groups is 1. The highest BCUT2D eigenvalue weighted by atomic mass is 35.5. The number of anilines is 1. The minimum absolute atomic E-state index is 0.0351. The van der Waals surface area contributed by atoms with E-state index in [1.807, 2.05) is 0 Å². The lowest BCUT2D eigenvalue weighted by Crippen LogP contribution is -2.33. The topological polar surface area (TPSA) is 92.1 Å². The summed E-state index contributed by atoms with van der Waals surface area (Å²) in [7, 11) is 1.65. The number of aliphatic hydroxyl groups is 1. The van der Waals surface area contributed by atoms with Gasteiger partial charge in [0, 0.05) is 24.2 Å². The van der Waals surface area contributed by atoms with Crippen molar-refractivity contribution in [2.75, 3.05) is 11.9 Å². The summed E-state index contributed by atoms with van der Waals surface area (Å²) in [4.78, 5) is 15.5. The van der Waals surface area contributed by atoms with Crippen LogP contribution < -0.4 is 10.6 Å². The Morgan fingerprint density at radius 1 is 1.50 bits per heavy atom. The average Bonchev–Trinajstić information content (AvgIpc) is 2.82. The first-order chi connectivity index (χ1) is 9.58. The van der Waals surface area contributed by atoms with Crippen LogP contribution in [0.25, 0.3) is 0 Å². The van der Waals surface area contributed by atoms with Gasteiger partial charge in [0.15, 0.2) is 0 Å². The molecule has 1 unspecified atom stereocenters. The molecule has 7 nitrogen and oxygen atoms in total. The second-order valence-electron chi connectivity index (χ2n) is 4.08. The van der Waals surface area contributed by atoms with E-state index in [0.717, 1.165) is 0 Å². The van der Waals surface area contributed by atoms with Crippen molar-refractivity contribution < 1.29 is 9.90 Å². The molecule has 0 aliphatic heterocycles. The van der Waals surface area contributed by atoms with Crippen LogP contribution >= 0.6 is 11.6 Å². The summed E-state index contributed by atoms with van der Waals surface area (Å²) in [6.07, 6.45) is 0.447. The van der Waals surface area contributed by atoms with Crippen molar-refractivity contribution in [3.8, 4) is 0 Å². The molecule has 0 saturated carbocycles. The molecule has 1 heterocycles. The second-order valence-corrected chi connectivity index (χ2v) is 4.49. The van der Waals surface area contributed by atoms with E-state index in [1.165, 1.54) is 11.0 Å². The normalized spacial score (nSPS) is 11.9. The van der Waals surface area contributed by atoms with Crippen LogP contribution in [0, 0.1) is 0 Å². The maximum atomic E-state index is 11.6. The highest BCUT2D eigenvalue weighted by Crippen LogP contribution is 2.21. The molecular formula is C12H14ClN5O2. The van der Waals surface area contributed by atoms with Gasteiger partial charge in [-0.15, -0.1) is 0 Å². The third-order valence-electron chi connectivity index (χ3n) is 2.66. The molecule has 0 aliphatic carbocycles. The molecule has 2 aromatic rings. The van der Waals surface area contributed by atoms with Gasteiger partial charge in [-0.05, 0) is 6.07 Å². The average molecular weight is 296 g/mol. The Morgan fingerprint density at radius 2 is 2.25 bits per heavy atom. The number of hydrogen-bond donors (Lipinski definition) is 3. The van der Waals surface area contributed by atoms with Gasteiger partial charge >= 0.3 is 6.03 Å². The van der Waals surface area contributed by atoms with Crippen molar-refractivity contribution in [2.24, 2.45) is 7.05 Å². The molecule has 0 aliphatic rings. The lowest BCUT2D eigenvalue weighted by atomic mass is 10.1. The van der Waals surface area contributed by atoms with Crippen LogP contribution in [0.1, 0.15) is 11.7 Å². The molecule has 20 heavy (non-hydrogen) atoms. The fourth-order valence-corrected chi connectivity index (χ4v) is 1.86.